The maximum atomic E-state index is 14.0. The van der Waals surface area contributed by atoms with Crippen molar-refractivity contribution in [2.24, 2.45) is 0 Å². The number of methoxy groups -OCH3 is 2. The Kier molecular flexibility index (Phi) is 13.0. The van der Waals surface area contributed by atoms with Crippen LogP contribution in [0.3, 0.4) is 0 Å². The van der Waals surface area contributed by atoms with Crippen molar-refractivity contribution in [3.8, 4) is 17.2 Å². The molecule has 2 amide bonds. The molecule has 0 saturated carbocycles. The summed E-state index contributed by atoms with van der Waals surface area (Å²) in [4.78, 5) is 29.3. The molecule has 53 heavy (non-hydrogen) atoms. The molecule has 276 valence electrons. The van der Waals surface area contributed by atoms with E-state index in [4.69, 9.17) is 14.2 Å². The number of nitrogens with zero attached hydrogens (tertiary/aromatic N) is 1. The second kappa shape index (κ2) is 18.0. The first-order valence-corrected chi connectivity index (χ1v) is 18.1. The average molecular weight is 744 g/mol. The van der Waals surface area contributed by atoms with Crippen LogP contribution in [0, 0.1) is 11.6 Å². The van der Waals surface area contributed by atoms with Gasteiger partial charge in [0.15, 0.2) is 18.1 Å². The standard InChI is InChI=1S/C40H39F2N3O7S/c1-50-37-21-10-29(25-38(37)51-2)22-23-43-40(47)36(24-28-6-4-3-5-7-28)45(26-30-8-11-31(41)12-9-30)39(46)27-52-34-17-19-35(20-18-34)53(48,49)44-33-15-13-32(42)14-16-33/h3-21,25,36,44H,22-24,26-27H2,1-2H3,(H,43,47). The highest BCUT2D eigenvalue weighted by Gasteiger charge is 2.31. The van der Waals surface area contributed by atoms with Crippen molar-refractivity contribution in [2.45, 2.75) is 30.3 Å². The van der Waals surface area contributed by atoms with Crippen LogP contribution in [0.15, 0.2) is 126 Å². The molecular weight excluding hydrogens is 705 g/mol. The van der Waals surface area contributed by atoms with Crippen LogP contribution in [-0.2, 0) is 39.0 Å². The summed E-state index contributed by atoms with van der Waals surface area (Å²) in [5, 5.41) is 2.97. The zero-order valence-corrected chi connectivity index (χ0v) is 29.9. The van der Waals surface area contributed by atoms with Gasteiger partial charge in [-0.2, -0.15) is 0 Å². The van der Waals surface area contributed by atoms with Crippen molar-refractivity contribution in [1.82, 2.24) is 10.2 Å². The molecule has 1 atom stereocenters. The summed E-state index contributed by atoms with van der Waals surface area (Å²) in [6, 6.07) is 29.7. The Hall–Kier alpha value is -5.95. The summed E-state index contributed by atoms with van der Waals surface area (Å²) in [7, 11) is -0.900. The van der Waals surface area contributed by atoms with Gasteiger partial charge in [0.05, 0.1) is 19.1 Å². The van der Waals surface area contributed by atoms with Crippen LogP contribution in [0.5, 0.6) is 17.2 Å². The fourth-order valence-electron chi connectivity index (χ4n) is 5.50. The SMILES string of the molecule is COc1ccc(CCNC(=O)C(Cc2ccccc2)N(Cc2ccc(F)cc2)C(=O)COc2ccc(S(=O)(=O)Nc3ccc(F)cc3)cc2)cc1OC. The first-order chi connectivity index (χ1) is 25.5. The van der Waals surface area contributed by atoms with E-state index in [0.717, 1.165) is 23.3 Å². The number of amides is 2. The lowest BCUT2D eigenvalue weighted by molar-refractivity contribution is -0.142. The highest BCUT2D eigenvalue weighted by Crippen LogP contribution is 2.28. The summed E-state index contributed by atoms with van der Waals surface area (Å²) >= 11 is 0. The number of nitrogens with one attached hydrogen (secondary N) is 2. The van der Waals surface area contributed by atoms with Gasteiger partial charge in [0, 0.05) is 25.2 Å². The Morgan fingerprint density at radius 2 is 1.36 bits per heavy atom. The molecule has 0 fully saturated rings. The lowest BCUT2D eigenvalue weighted by Crippen LogP contribution is -2.52. The van der Waals surface area contributed by atoms with E-state index in [2.05, 4.69) is 10.0 Å². The Balaban J connectivity index is 1.33. The van der Waals surface area contributed by atoms with Crippen LogP contribution < -0.4 is 24.2 Å². The molecule has 0 radical (unpaired) electrons. The molecule has 0 aliphatic carbocycles. The minimum atomic E-state index is -3.99. The van der Waals surface area contributed by atoms with E-state index in [1.165, 1.54) is 53.4 Å². The van der Waals surface area contributed by atoms with E-state index >= 15 is 0 Å². The van der Waals surface area contributed by atoms with Gasteiger partial charge in [-0.1, -0.05) is 48.5 Å². The molecule has 0 aromatic heterocycles. The smallest absolute Gasteiger partial charge is 0.261 e. The summed E-state index contributed by atoms with van der Waals surface area (Å²) in [5.41, 5.74) is 2.50. The second-order valence-electron chi connectivity index (χ2n) is 12.0. The predicted octanol–water partition coefficient (Wildman–Crippen LogP) is 6.16. The maximum Gasteiger partial charge on any atom is 0.261 e. The number of hydrogen-bond donors (Lipinski definition) is 2. The van der Waals surface area contributed by atoms with Crippen LogP contribution in [0.2, 0.25) is 0 Å². The van der Waals surface area contributed by atoms with E-state index in [0.29, 0.717) is 23.5 Å². The zero-order valence-electron chi connectivity index (χ0n) is 29.1. The topological polar surface area (TPSA) is 123 Å². The Morgan fingerprint density at radius 1 is 0.736 bits per heavy atom. The molecule has 1 unspecified atom stereocenters. The second-order valence-corrected chi connectivity index (χ2v) is 13.6. The summed E-state index contributed by atoms with van der Waals surface area (Å²) in [6.45, 7) is -0.236. The Labute approximate surface area is 307 Å². The predicted molar refractivity (Wildman–Crippen MR) is 196 cm³/mol. The fourth-order valence-corrected chi connectivity index (χ4v) is 6.56. The lowest BCUT2D eigenvalue weighted by Gasteiger charge is -2.31. The van der Waals surface area contributed by atoms with Crippen molar-refractivity contribution >= 4 is 27.5 Å². The van der Waals surface area contributed by atoms with Gasteiger partial charge < -0.3 is 24.4 Å². The number of ether oxygens (including phenoxy) is 3. The van der Waals surface area contributed by atoms with E-state index in [9.17, 15) is 26.8 Å². The molecule has 5 aromatic carbocycles. The van der Waals surface area contributed by atoms with Crippen LogP contribution >= 0.6 is 0 Å². The maximum absolute atomic E-state index is 14.0. The number of carbonyl (C=O) groups is 2. The van der Waals surface area contributed by atoms with Crippen molar-refractivity contribution in [1.29, 1.82) is 0 Å². The van der Waals surface area contributed by atoms with E-state index < -0.39 is 46.1 Å². The summed E-state index contributed by atoms with van der Waals surface area (Å²) in [6.07, 6.45) is 0.661. The van der Waals surface area contributed by atoms with Crippen molar-refractivity contribution in [3.05, 3.63) is 150 Å². The van der Waals surface area contributed by atoms with Gasteiger partial charge >= 0.3 is 0 Å². The highest BCUT2D eigenvalue weighted by molar-refractivity contribution is 7.92. The van der Waals surface area contributed by atoms with E-state index in [1.54, 1.807) is 32.4 Å². The largest absolute Gasteiger partial charge is 0.493 e. The molecule has 13 heteroatoms. The average Bonchev–Trinajstić information content (AvgIpc) is 3.17. The first kappa shape index (κ1) is 38.3. The van der Waals surface area contributed by atoms with E-state index in [1.807, 2.05) is 42.5 Å². The van der Waals surface area contributed by atoms with Gasteiger partial charge in [-0.25, -0.2) is 17.2 Å². The molecule has 0 bridgehead atoms. The molecule has 0 spiro atoms. The molecular formula is C40H39F2N3O7S. The Bertz CT molecular complexity index is 2080. The number of sulfonamides is 1. The molecule has 10 nitrogen and oxygen atoms in total. The van der Waals surface area contributed by atoms with Gasteiger partial charge in [-0.3, -0.25) is 14.3 Å². The number of carbonyl (C=O) groups excluding carboxylic acids is 2. The minimum absolute atomic E-state index is 0.0185. The van der Waals surface area contributed by atoms with Crippen molar-refractivity contribution in [3.63, 3.8) is 0 Å². The molecule has 2 N–H and O–H groups in total. The molecule has 5 aromatic rings. The van der Waals surface area contributed by atoms with Gasteiger partial charge in [0.2, 0.25) is 5.91 Å². The van der Waals surface area contributed by atoms with Crippen LogP contribution in [0.4, 0.5) is 14.5 Å². The summed E-state index contributed by atoms with van der Waals surface area (Å²) < 4.78 is 71.7. The van der Waals surface area contributed by atoms with Gasteiger partial charge in [0.25, 0.3) is 15.9 Å². The van der Waals surface area contributed by atoms with Crippen LogP contribution in [0.25, 0.3) is 0 Å². The van der Waals surface area contributed by atoms with Crippen molar-refractivity contribution in [2.75, 3.05) is 32.1 Å². The normalized spacial score (nSPS) is 11.6. The zero-order chi connectivity index (χ0) is 37.8. The third-order valence-corrected chi connectivity index (χ3v) is 9.69. The van der Waals surface area contributed by atoms with Crippen LogP contribution in [0.1, 0.15) is 16.7 Å². The number of benzene rings is 5. The Morgan fingerprint density at radius 3 is 2.00 bits per heavy atom. The van der Waals surface area contributed by atoms with Gasteiger partial charge in [-0.05, 0) is 95.9 Å². The molecule has 0 aliphatic rings. The van der Waals surface area contributed by atoms with E-state index in [-0.39, 0.29) is 35.8 Å². The van der Waals surface area contributed by atoms with Crippen molar-refractivity contribution < 1.29 is 41.0 Å². The number of anilines is 1. The van der Waals surface area contributed by atoms with Crippen LogP contribution in [-0.4, -0.2) is 58.5 Å². The third kappa shape index (κ3) is 10.8. The first-order valence-electron chi connectivity index (χ1n) is 16.6. The third-order valence-electron chi connectivity index (χ3n) is 8.29. The molecule has 0 heterocycles. The molecule has 0 aliphatic heterocycles. The number of hydrogen-bond acceptors (Lipinski definition) is 7. The minimum Gasteiger partial charge on any atom is -0.493 e. The lowest BCUT2D eigenvalue weighted by atomic mass is 10.0. The monoisotopic (exact) mass is 743 g/mol. The van der Waals surface area contributed by atoms with Gasteiger partial charge in [-0.15, -0.1) is 0 Å². The number of rotatable bonds is 17. The number of halogens is 2. The fraction of sp³-hybridized carbons (Fsp3) is 0.200. The molecule has 5 rings (SSSR count). The summed E-state index contributed by atoms with van der Waals surface area (Å²) in [5.74, 6) is -0.513. The highest BCUT2D eigenvalue weighted by atomic mass is 32.2. The molecule has 0 saturated heterocycles. The van der Waals surface area contributed by atoms with Gasteiger partial charge in [0.1, 0.15) is 23.4 Å². The quantitative estimate of drug-likeness (QED) is 0.117.